The molecule has 0 aliphatic rings. The van der Waals surface area contributed by atoms with Crippen molar-refractivity contribution in [1.29, 1.82) is 0 Å². The van der Waals surface area contributed by atoms with Crippen molar-refractivity contribution in [3.05, 3.63) is 65.7 Å². The first kappa shape index (κ1) is 11.4. The highest BCUT2D eigenvalue weighted by molar-refractivity contribution is 5.75. The van der Waals surface area contributed by atoms with E-state index in [1.165, 1.54) is 0 Å². The Hall–Kier alpha value is -2.13. The normalized spacial score (nSPS) is 9.88. The summed E-state index contributed by atoms with van der Waals surface area (Å²) in [7, 11) is 0. The quantitative estimate of drug-likeness (QED) is 0.582. The minimum absolute atomic E-state index is 0.377. The molecule has 0 atom stereocenters. The Balaban J connectivity index is 1.84. The molecule has 2 aromatic rings. The maximum atomic E-state index is 10.3. The van der Waals surface area contributed by atoms with Gasteiger partial charge in [0.25, 0.3) is 0 Å². The van der Waals surface area contributed by atoms with Crippen molar-refractivity contribution < 1.29 is 14.6 Å². The SMILES string of the molecule is O=[C]c1ccc(OOCc2ccccc2)cc1. The predicted molar refractivity (Wildman–Crippen MR) is 63.1 cm³/mol. The second-order valence-corrected chi connectivity index (χ2v) is 3.46. The van der Waals surface area contributed by atoms with Gasteiger partial charge in [0, 0.05) is 5.56 Å². The third-order valence-corrected chi connectivity index (χ3v) is 2.20. The summed E-state index contributed by atoms with van der Waals surface area (Å²) in [5.74, 6) is 0.555. The van der Waals surface area contributed by atoms with Gasteiger partial charge in [-0.3, -0.25) is 4.79 Å². The van der Waals surface area contributed by atoms with Gasteiger partial charge in [0.2, 0.25) is 6.29 Å². The van der Waals surface area contributed by atoms with Crippen LogP contribution in [0.2, 0.25) is 0 Å². The molecule has 3 nitrogen and oxygen atoms in total. The van der Waals surface area contributed by atoms with Crippen LogP contribution >= 0.6 is 0 Å². The van der Waals surface area contributed by atoms with Crippen LogP contribution < -0.4 is 4.89 Å². The molecule has 0 fully saturated rings. The minimum Gasteiger partial charge on any atom is -0.337 e. The molecule has 2 rings (SSSR count). The van der Waals surface area contributed by atoms with E-state index in [1.54, 1.807) is 30.6 Å². The van der Waals surface area contributed by atoms with E-state index >= 15 is 0 Å². The van der Waals surface area contributed by atoms with Gasteiger partial charge in [-0.25, -0.2) is 0 Å². The van der Waals surface area contributed by atoms with E-state index < -0.39 is 0 Å². The van der Waals surface area contributed by atoms with Crippen LogP contribution in [0.5, 0.6) is 5.75 Å². The molecule has 85 valence electrons. The third kappa shape index (κ3) is 3.43. The third-order valence-electron chi connectivity index (χ3n) is 2.20. The monoisotopic (exact) mass is 227 g/mol. The lowest BCUT2D eigenvalue weighted by molar-refractivity contribution is -0.217. The summed E-state index contributed by atoms with van der Waals surface area (Å²) in [6.45, 7) is 0.377. The second kappa shape index (κ2) is 5.82. The van der Waals surface area contributed by atoms with Gasteiger partial charge in [0.15, 0.2) is 5.75 Å². The van der Waals surface area contributed by atoms with E-state index in [4.69, 9.17) is 9.78 Å². The van der Waals surface area contributed by atoms with E-state index in [2.05, 4.69) is 0 Å². The molecule has 0 bridgehead atoms. The van der Waals surface area contributed by atoms with Crippen molar-refractivity contribution in [2.75, 3.05) is 0 Å². The summed E-state index contributed by atoms with van der Waals surface area (Å²) in [6.07, 6.45) is 1.79. The molecule has 0 heterocycles. The number of carbonyl (C=O) groups excluding carboxylic acids is 1. The van der Waals surface area contributed by atoms with Crippen LogP contribution in [-0.4, -0.2) is 6.29 Å². The van der Waals surface area contributed by atoms with Crippen LogP contribution in [0, 0.1) is 0 Å². The van der Waals surface area contributed by atoms with E-state index in [1.807, 2.05) is 30.3 Å². The van der Waals surface area contributed by atoms with Crippen molar-refractivity contribution in [3.63, 3.8) is 0 Å². The number of benzene rings is 2. The molecule has 0 unspecified atom stereocenters. The van der Waals surface area contributed by atoms with Crippen LogP contribution in [-0.2, 0) is 16.3 Å². The smallest absolute Gasteiger partial charge is 0.233 e. The molecule has 0 saturated carbocycles. The maximum Gasteiger partial charge on any atom is 0.233 e. The van der Waals surface area contributed by atoms with E-state index in [0.717, 1.165) is 5.56 Å². The van der Waals surface area contributed by atoms with Gasteiger partial charge < -0.3 is 4.89 Å². The summed E-state index contributed by atoms with van der Waals surface area (Å²) in [6, 6.07) is 16.3. The zero-order valence-corrected chi connectivity index (χ0v) is 9.13. The van der Waals surface area contributed by atoms with Gasteiger partial charge in [-0.05, 0) is 29.8 Å². The molecular weight excluding hydrogens is 216 g/mol. The van der Waals surface area contributed by atoms with Crippen LogP contribution in [0.4, 0.5) is 0 Å². The Morgan fingerprint density at radius 2 is 1.65 bits per heavy atom. The fourth-order valence-corrected chi connectivity index (χ4v) is 1.32. The van der Waals surface area contributed by atoms with Crippen LogP contribution in [0.3, 0.4) is 0 Å². The molecule has 1 radical (unpaired) electrons. The average Bonchev–Trinajstić information content (AvgIpc) is 2.41. The zero-order chi connectivity index (χ0) is 11.9. The van der Waals surface area contributed by atoms with E-state index in [0.29, 0.717) is 17.9 Å². The Morgan fingerprint density at radius 1 is 0.941 bits per heavy atom. The molecule has 0 spiro atoms. The molecule has 0 amide bonds. The van der Waals surface area contributed by atoms with Crippen molar-refractivity contribution in [2.45, 2.75) is 6.61 Å². The molecule has 3 heteroatoms. The topological polar surface area (TPSA) is 35.5 Å². The lowest BCUT2D eigenvalue weighted by atomic mass is 10.2. The standard InChI is InChI=1S/C14H11O3/c15-10-12-6-8-14(9-7-12)17-16-11-13-4-2-1-3-5-13/h1-9H,11H2. The van der Waals surface area contributed by atoms with Gasteiger partial charge in [-0.2, -0.15) is 4.89 Å². The Kier molecular flexibility index (Phi) is 3.89. The van der Waals surface area contributed by atoms with Gasteiger partial charge in [0.1, 0.15) is 6.61 Å². The molecule has 0 aliphatic heterocycles. The molecule has 0 N–H and O–H groups in total. The molecule has 0 aliphatic carbocycles. The Bertz CT molecular complexity index is 463. The first-order chi connectivity index (χ1) is 8.38. The average molecular weight is 227 g/mol. The largest absolute Gasteiger partial charge is 0.337 e. The second-order valence-electron chi connectivity index (χ2n) is 3.46. The van der Waals surface area contributed by atoms with Crippen LogP contribution in [0.15, 0.2) is 54.6 Å². The molecule has 2 aromatic carbocycles. The van der Waals surface area contributed by atoms with Gasteiger partial charge >= 0.3 is 0 Å². The van der Waals surface area contributed by atoms with E-state index in [-0.39, 0.29) is 0 Å². The fraction of sp³-hybridized carbons (Fsp3) is 0.0714. The van der Waals surface area contributed by atoms with Crippen molar-refractivity contribution in [1.82, 2.24) is 0 Å². The fourth-order valence-electron chi connectivity index (χ4n) is 1.32. The van der Waals surface area contributed by atoms with Crippen molar-refractivity contribution in [3.8, 4) is 5.75 Å². The van der Waals surface area contributed by atoms with Crippen LogP contribution in [0.25, 0.3) is 0 Å². The van der Waals surface area contributed by atoms with Crippen molar-refractivity contribution >= 4 is 6.29 Å². The van der Waals surface area contributed by atoms with Gasteiger partial charge in [-0.1, -0.05) is 30.3 Å². The van der Waals surface area contributed by atoms with E-state index in [9.17, 15) is 4.79 Å². The predicted octanol–water partition coefficient (Wildman–Crippen LogP) is 2.66. The molecular formula is C14H11O3. The number of hydrogen-bond acceptors (Lipinski definition) is 3. The van der Waals surface area contributed by atoms with Gasteiger partial charge in [-0.15, -0.1) is 0 Å². The Labute approximate surface area is 99.5 Å². The maximum absolute atomic E-state index is 10.3. The minimum atomic E-state index is 0.377. The lowest BCUT2D eigenvalue weighted by Gasteiger charge is -2.04. The summed E-state index contributed by atoms with van der Waals surface area (Å²) in [5.41, 5.74) is 1.52. The highest BCUT2D eigenvalue weighted by atomic mass is 17.2. The summed E-state index contributed by atoms with van der Waals surface area (Å²) >= 11 is 0. The zero-order valence-electron chi connectivity index (χ0n) is 9.13. The van der Waals surface area contributed by atoms with Crippen molar-refractivity contribution in [2.24, 2.45) is 0 Å². The summed E-state index contributed by atoms with van der Waals surface area (Å²) in [5, 5.41) is 0. The first-order valence-corrected chi connectivity index (χ1v) is 5.20. The van der Waals surface area contributed by atoms with Crippen LogP contribution in [0.1, 0.15) is 11.1 Å². The number of rotatable bonds is 5. The molecule has 17 heavy (non-hydrogen) atoms. The summed E-state index contributed by atoms with van der Waals surface area (Å²) < 4.78 is 0. The summed E-state index contributed by atoms with van der Waals surface area (Å²) in [4.78, 5) is 20.5. The highest BCUT2D eigenvalue weighted by Crippen LogP contribution is 2.12. The molecule has 0 saturated heterocycles. The number of hydrogen-bond donors (Lipinski definition) is 0. The lowest BCUT2D eigenvalue weighted by Crippen LogP contribution is -1.97. The first-order valence-electron chi connectivity index (χ1n) is 5.20. The Morgan fingerprint density at radius 3 is 2.29 bits per heavy atom. The highest BCUT2D eigenvalue weighted by Gasteiger charge is 1.97. The molecule has 0 aromatic heterocycles. The van der Waals surface area contributed by atoms with Gasteiger partial charge in [0.05, 0.1) is 0 Å².